The van der Waals surface area contributed by atoms with Crippen LogP contribution in [0.2, 0.25) is 0 Å². The van der Waals surface area contributed by atoms with Gasteiger partial charge in [-0.2, -0.15) is 0 Å². The van der Waals surface area contributed by atoms with Gasteiger partial charge in [0.1, 0.15) is 12.0 Å². The van der Waals surface area contributed by atoms with Gasteiger partial charge in [-0.05, 0) is 6.92 Å². The van der Waals surface area contributed by atoms with Crippen molar-refractivity contribution in [2.45, 2.75) is 19.6 Å². The average molecular weight is 183 g/mol. The maximum absolute atomic E-state index is 12.5. The number of alkyl halides is 1. The topological polar surface area (TPSA) is 21.1 Å². The number of likely N-dealkylation sites (tertiary alicyclic amines) is 1. The Balaban J connectivity index is 1.98. The SMILES string of the molecule is Cc1cnc(CN2CC(F)C2)n1C. The van der Waals surface area contributed by atoms with Gasteiger partial charge in [-0.15, -0.1) is 0 Å². The van der Waals surface area contributed by atoms with Gasteiger partial charge in [-0.3, -0.25) is 4.90 Å². The maximum atomic E-state index is 12.5. The highest BCUT2D eigenvalue weighted by Crippen LogP contribution is 2.14. The second-order valence-corrected chi connectivity index (χ2v) is 3.67. The van der Waals surface area contributed by atoms with Crippen LogP contribution in [0, 0.1) is 6.92 Å². The number of hydrogen-bond acceptors (Lipinski definition) is 2. The number of aryl methyl sites for hydroxylation is 1. The Bertz CT molecular complexity index is 302. The van der Waals surface area contributed by atoms with E-state index in [-0.39, 0.29) is 0 Å². The summed E-state index contributed by atoms with van der Waals surface area (Å²) >= 11 is 0. The molecule has 0 aliphatic carbocycles. The summed E-state index contributed by atoms with van der Waals surface area (Å²) in [6, 6.07) is 0. The monoisotopic (exact) mass is 183 g/mol. The zero-order chi connectivity index (χ0) is 9.42. The smallest absolute Gasteiger partial charge is 0.125 e. The van der Waals surface area contributed by atoms with Crippen LogP contribution in [0.4, 0.5) is 4.39 Å². The number of halogens is 1. The Morgan fingerprint density at radius 2 is 2.31 bits per heavy atom. The summed E-state index contributed by atoms with van der Waals surface area (Å²) in [5, 5.41) is 0. The van der Waals surface area contributed by atoms with E-state index in [0.717, 1.165) is 18.1 Å². The van der Waals surface area contributed by atoms with Crippen LogP contribution in [-0.2, 0) is 13.6 Å². The van der Waals surface area contributed by atoms with Crippen LogP contribution >= 0.6 is 0 Å². The Morgan fingerprint density at radius 3 is 2.77 bits per heavy atom. The molecule has 72 valence electrons. The Labute approximate surface area is 77.2 Å². The van der Waals surface area contributed by atoms with Gasteiger partial charge in [-0.25, -0.2) is 9.37 Å². The predicted molar refractivity (Wildman–Crippen MR) is 48.1 cm³/mol. The molecular weight excluding hydrogens is 169 g/mol. The van der Waals surface area contributed by atoms with E-state index in [1.165, 1.54) is 0 Å². The van der Waals surface area contributed by atoms with E-state index >= 15 is 0 Å². The lowest BCUT2D eigenvalue weighted by atomic mass is 10.2. The van der Waals surface area contributed by atoms with Crippen LogP contribution in [0.1, 0.15) is 11.5 Å². The Morgan fingerprint density at radius 1 is 1.62 bits per heavy atom. The molecule has 0 radical (unpaired) electrons. The third kappa shape index (κ3) is 1.58. The molecule has 13 heavy (non-hydrogen) atoms. The Kier molecular flexibility index (Phi) is 2.07. The summed E-state index contributed by atoms with van der Waals surface area (Å²) < 4.78 is 14.6. The molecule has 2 rings (SSSR count). The Hall–Kier alpha value is -0.900. The highest BCUT2D eigenvalue weighted by molar-refractivity contribution is 5.03. The third-order valence-corrected chi connectivity index (χ3v) is 2.59. The average Bonchev–Trinajstić information content (AvgIpc) is 2.33. The minimum absolute atomic E-state index is 0.561. The molecule has 0 saturated carbocycles. The zero-order valence-corrected chi connectivity index (χ0v) is 8.00. The molecule has 0 atom stereocenters. The molecule has 1 aliphatic heterocycles. The quantitative estimate of drug-likeness (QED) is 0.678. The minimum atomic E-state index is -0.624. The molecule has 1 aromatic heterocycles. The summed E-state index contributed by atoms with van der Waals surface area (Å²) in [4.78, 5) is 6.32. The van der Waals surface area contributed by atoms with Gasteiger partial charge in [0, 0.05) is 32.0 Å². The molecule has 1 aromatic rings. The van der Waals surface area contributed by atoms with E-state index < -0.39 is 6.17 Å². The van der Waals surface area contributed by atoms with Crippen LogP contribution in [-0.4, -0.2) is 33.7 Å². The first-order valence-electron chi connectivity index (χ1n) is 4.50. The summed E-state index contributed by atoms with van der Waals surface area (Å²) in [6.07, 6.45) is 1.23. The molecule has 2 heterocycles. The van der Waals surface area contributed by atoms with Crippen molar-refractivity contribution < 1.29 is 4.39 Å². The highest BCUT2D eigenvalue weighted by Gasteiger charge is 2.26. The fourth-order valence-electron chi connectivity index (χ4n) is 1.53. The van der Waals surface area contributed by atoms with Gasteiger partial charge < -0.3 is 4.57 Å². The molecule has 1 saturated heterocycles. The predicted octanol–water partition coefficient (Wildman–Crippen LogP) is 0.882. The number of hydrogen-bond donors (Lipinski definition) is 0. The molecule has 4 heteroatoms. The molecule has 1 fully saturated rings. The normalized spacial score (nSPS) is 19.0. The molecule has 0 bridgehead atoms. The molecule has 0 N–H and O–H groups in total. The van der Waals surface area contributed by atoms with E-state index in [1.54, 1.807) is 0 Å². The van der Waals surface area contributed by atoms with E-state index in [4.69, 9.17) is 0 Å². The van der Waals surface area contributed by atoms with Crippen molar-refractivity contribution in [2.75, 3.05) is 13.1 Å². The molecule has 0 aromatic carbocycles. The van der Waals surface area contributed by atoms with Crippen LogP contribution in [0.5, 0.6) is 0 Å². The molecule has 0 unspecified atom stereocenters. The largest absolute Gasteiger partial charge is 0.334 e. The minimum Gasteiger partial charge on any atom is -0.334 e. The van der Waals surface area contributed by atoms with Crippen LogP contribution in [0.25, 0.3) is 0 Å². The lowest BCUT2D eigenvalue weighted by Gasteiger charge is -2.33. The number of aromatic nitrogens is 2. The van der Waals surface area contributed by atoms with E-state index in [2.05, 4.69) is 9.88 Å². The summed E-state index contributed by atoms with van der Waals surface area (Å²) in [7, 11) is 1.99. The number of rotatable bonds is 2. The van der Waals surface area contributed by atoms with Gasteiger partial charge in [0.15, 0.2) is 0 Å². The van der Waals surface area contributed by atoms with Gasteiger partial charge in [0.05, 0.1) is 6.54 Å². The first-order chi connectivity index (χ1) is 6.16. The standard InChI is InChI=1S/C9H14FN3/c1-7-3-11-9(12(7)2)6-13-4-8(10)5-13/h3,8H,4-6H2,1-2H3. The van der Waals surface area contributed by atoms with Crippen LogP contribution in [0.3, 0.4) is 0 Å². The first-order valence-corrected chi connectivity index (χ1v) is 4.50. The molecule has 1 aliphatic rings. The lowest BCUT2D eigenvalue weighted by Crippen LogP contribution is -2.47. The third-order valence-electron chi connectivity index (χ3n) is 2.59. The van der Waals surface area contributed by atoms with Crippen LogP contribution in [0.15, 0.2) is 6.20 Å². The first kappa shape index (κ1) is 8.69. The van der Waals surface area contributed by atoms with Crippen molar-refractivity contribution in [3.05, 3.63) is 17.7 Å². The summed E-state index contributed by atoms with van der Waals surface area (Å²) in [5.41, 5.74) is 1.15. The van der Waals surface area contributed by atoms with Crippen molar-refractivity contribution >= 4 is 0 Å². The van der Waals surface area contributed by atoms with Crippen molar-refractivity contribution in [3.8, 4) is 0 Å². The van der Waals surface area contributed by atoms with Crippen molar-refractivity contribution in [2.24, 2.45) is 7.05 Å². The van der Waals surface area contributed by atoms with Gasteiger partial charge in [-0.1, -0.05) is 0 Å². The second-order valence-electron chi connectivity index (χ2n) is 3.67. The van der Waals surface area contributed by atoms with Crippen molar-refractivity contribution in [1.82, 2.24) is 14.5 Å². The van der Waals surface area contributed by atoms with E-state index in [0.29, 0.717) is 13.1 Å². The number of imidazole rings is 1. The summed E-state index contributed by atoms with van der Waals surface area (Å²) in [5.74, 6) is 1.02. The van der Waals surface area contributed by atoms with Gasteiger partial charge >= 0.3 is 0 Å². The van der Waals surface area contributed by atoms with E-state index in [1.807, 2.05) is 24.7 Å². The van der Waals surface area contributed by atoms with Gasteiger partial charge in [0.25, 0.3) is 0 Å². The van der Waals surface area contributed by atoms with Crippen LogP contribution < -0.4 is 0 Å². The molecule has 0 amide bonds. The zero-order valence-electron chi connectivity index (χ0n) is 8.00. The maximum Gasteiger partial charge on any atom is 0.125 e. The molecule has 3 nitrogen and oxygen atoms in total. The lowest BCUT2D eigenvalue weighted by molar-refractivity contribution is 0.0562. The van der Waals surface area contributed by atoms with Crippen molar-refractivity contribution in [1.29, 1.82) is 0 Å². The van der Waals surface area contributed by atoms with Crippen molar-refractivity contribution in [3.63, 3.8) is 0 Å². The summed E-state index contributed by atoms with van der Waals surface area (Å²) in [6.45, 7) is 3.91. The molecular formula is C9H14FN3. The number of nitrogens with zero attached hydrogens (tertiary/aromatic N) is 3. The fourth-order valence-corrected chi connectivity index (χ4v) is 1.53. The van der Waals surface area contributed by atoms with E-state index in [9.17, 15) is 4.39 Å². The molecule has 0 spiro atoms. The second kappa shape index (κ2) is 3.10. The fraction of sp³-hybridized carbons (Fsp3) is 0.667. The highest BCUT2D eigenvalue weighted by atomic mass is 19.1. The van der Waals surface area contributed by atoms with Gasteiger partial charge in [0.2, 0.25) is 0 Å².